The Bertz CT molecular complexity index is 1080. The number of fused-ring (bicyclic) bond motifs is 1. The normalized spacial score (nSPS) is 11.8. The highest BCUT2D eigenvalue weighted by Gasteiger charge is 2.27. The van der Waals surface area contributed by atoms with E-state index in [0.717, 1.165) is 17.0 Å². The molecule has 148 valence electrons. The molecule has 0 bridgehead atoms. The summed E-state index contributed by atoms with van der Waals surface area (Å²) in [6.45, 7) is 0.147. The van der Waals surface area contributed by atoms with E-state index in [1.807, 2.05) is 24.3 Å². The van der Waals surface area contributed by atoms with E-state index in [9.17, 15) is 13.2 Å². The van der Waals surface area contributed by atoms with Crippen LogP contribution in [0.3, 0.4) is 0 Å². The molecule has 28 heavy (non-hydrogen) atoms. The third-order valence-electron chi connectivity index (χ3n) is 4.16. The molecule has 2 aromatic carbocycles. The van der Waals surface area contributed by atoms with Gasteiger partial charge in [-0.2, -0.15) is 4.31 Å². The molecular formula is C19H20N2O6S. The van der Waals surface area contributed by atoms with Crippen LogP contribution in [0.5, 0.6) is 0 Å². The second-order valence-electron chi connectivity index (χ2n) is 5.96. The Morgan fingerprint density at radius 2 is 1.89 bits per heavy atom. The molecule has 0 N–H and O–H groups in total. The maximum atomic E-state index is 13.2. The van der Waals surface area contributed by atoms with Gasteiger partial charge in [0, 0.05) is 13.7 Å². The van der Waals surface area contributed by atoms with Gasteiger partial charge < -0.3 is 13.9 Å². The highest BCUT2D eigenvalue weighted by Crippen LogP contribution is 2.23. The van der Waals surface area contributed by atoms with Crippen LogP contribution >= 0.6 is 0 Å². The van der Waals surface area contributed by atoms with E-state index in [0.29, 0.717) is 0 Å². The van der Waals surface area contributed by atoms with Crippen molar-refractivity contribution in [2.45, 2.75) is 11.4 Å². The number of hydrogen-bond donors (Lipinski definition) is 0. The van der Waals surface area contributed by atoms with Crippen LogP contribution in [0.4, 0.5) is 0 Å². The van der Waals surface area contributed by atoms with Crippen LogP contribution < -0.4 is 0 Å². The highest BCUT2D eigenvalue weighted by molar-refractivity contribution is 7.89. The Morgan fingerprint density at radius 1 is 1.14 bits per heavy atom. The molecule has 0 aliphatic carbocycles. The number of carbonyl (C=O) groups is 1. The van der Waals surface area contributed by atoms with E-state index < -0.39 is 16.0 Å². The molecule has 0 amide bonds. The molecule has 0 spiro atoms. The number of nitrogens with zero attached hydrogens (tertiary/aromatic N) is 2. The number of esters is 1. The summed E-state index contributed by atoms with van der Waals surface area (Å²) in [5.41, 5.74) is -0.0210. The number of aromatic nitrogens is 1. The molecule has 1 heterocycles. The van der Waals surface area contributed by atoms with Crippen LogP contribution in [0.2, 0.25) is 0 Å². The number of benzene rings is 2. The molecule has 0 saturated heterocycles. The first-order valence-corrected chi connectivity index (χ1v) is 9.90. The maximum Gasteiger partial charge on any atom is 0.360 e. The summed E-state index contributed by atoms with van der Waals surface area (Å²) in [7, 11) is -1.13. The van der Waals surface area contributed by atoms with Crippen LogP contribution in [0, 0.1) is 0 Å². The van der Waals surface area contributed by atoms with Crippen molar-refractivity contribution < 1.29 is 27.1 Å². The first kappa shape index (κ1) is 20.0. The van der Waals surface area contributed by atoms with Gasteiger partial charge in [-0.05, 0) is 22.9 Å². The van der Waals surface area contributed by atoms with E-state index in [2.05, 4.69) is 9.72 Å². The average Bonchev–Trinajstić information content (AvgIpc) is 3.18. The summed E-state index contributed by atoms with van der Waals surface area (Å²) >= 11 is 0. The van der Waals surface area contributed by atoms with Gasteiger partial charge in [-0.25, -0.2) is 18.2 Å². The molecule has 0 aliphatic heterocycles. The smallest absolute Gasteiger partial charge is 0.360 e. The van der Waals surface area contributed by atoms with Crippen molar-refractivity contribution in [2.75, 3.05) is 27.4 Å². The second kappa shape index (κ2) is 8.51. The van der Waals surface area contributed by atoms with Crippen LogP contribution in [0.25, 0.3) is 10.8 Å². The Labute approximate surface area is 162 Å². The average molecular weight is 404 g/mol. The highest BCUT2D eigenvalue weighted by atomic mass is 32.2. The van der Waals surface area contributed by atoms with Gasteiger partial charge in [0.1, 0.15) is 6.26 Å². The van der Waals surface area contributed by atoms with E-state index >= 15 is 0 Å². The monoisotopic (exact) mass is 404 g/mol. The standard InChI is InChI=1S/C19H20N2O6S/c1-25-10-9-21(12-18-20-17(13-27-18)19(22)26-2)28(23,24)16-8-7-14-5-3-4-6-15(14)11-16/h3-8,11,13H,9-10,12H2,1-2H3. The number of hydrogen-bond acceptors (Lipinski definition) is 7. The zero-order chi connectivity index (χ0) is 20.1. The predicted molar refractivity (Wildman–Crippen MR) is 101 cm³/mol. The molecule has 9 heteroatoms. The van der Waals surface area contributed by atoms with Crippen LogP contribution in [-0.2, 0) is 26.0 Å². The van der Waals surface area contributed by atoms with Crippen molar-refractivity contribution in [3.05, 3.63) is 60.3 Å². The van der Waals surface area contributed by atoms with Crippen molar-refractivity contribution in [3.8, 4) is 0 Å². The van der Waals surface area contributed by atoms with Crippen molar-refractivity contribution >= 4 is 26.8 Å². The molecule has 0 saturated carbocycles. The molecule has 3 rings (SSSR count). The number of sulfonamides is 1. The Balaban J connectivity index is 1.92. The van der Waals surface area contributed by atoms with Crippen LogP contribution in [0.1, 0.15) is 16.4 Å². The lowest BCUT2D eigenvalue weighted by molar-refractivity contribution is 0.0594. The minimum Gasteiger partial charge on any atom is -0.464 e. The van der Waals surface area contributed by atoms with Gasteiger partial charge in [0.25, 0.3) is 0 Å². The van der Waals surface area contributed by atoms with Crippen molar-refractivity contribution in [3.63, 3.8) is 0 Å². The summed E-state index contributed by atoms with van der Waals surface area (Å²) in [4.78, 5) is 15.7. The Kier molecular flexibility index (Phi) is 6.08. The fourth-order valence-corrected chi connectivity index (χ4v) is 4.10. The number of methoxy groups -OCH3 is 2. The third kappa shape index (κ3) is 4.22. The lowest BCUT2D eigenvalue weighted by atomic mass is 10.1. The van der Waals surface area contributed by atoms with Gasteiger partial charge in [0.2, 0.25) is 15.9 Å². The molecular weight excluding hydrogens is 384 g/mol. The van der Waals surface area contributed by atoms with E-state index in [-0.39, 0.29) is 36.2 Å². The molecule has 3 aromatic rings. The minimum absolute atomic E-state index is 0.0210. The van der Waals surface area contributed by atoms with Gasteiger partial charge in [-0.15, -0.1) is 0 Å². The van der Waals surface area contributed by atoms with Crippen LogP contribution in [-0.4, -0.2) is 51.0 Å². The lowest BCUT2D eigenvalue weighted by Crippen LogP contribution is -2.33. The van der Waals surface area contributed by atoms with Gasteiger partial charge in [-0.1, -0.05) is 30.3 Å². The topological polar surface area (TPSA) is 98.9 Å². The van der Waals surface area contributed by atoms with E-state index in [1.165, 1.54) is 18.5 Å². The van der Waals surface area contributed by atoms with Crippen molar-refractivity contribution in [2.24, 2.45) is 0 Å². The zero-order valence-electron chi connectivity index (χ0n) is 15.5. The fourth-order valence-electron chi connectivity index (χ4n) is 2.69. The predicted octanol–water partition coefficient (Wildman–Crippen LogP) is 2.45. The van der Waals surface area contributed by atoms with Crippen molar-refractivity contribution in [1.82, 2.24) is 9.29 Å². The first-order chi connectivity index (χ1) is 13.5. The van der Waals surface area contributed by atoms with E-state index in [4.69, 9.17) is 9.15 Å². The molecule has 0 fully saturated rings. The Hall–Kier alpha value is -2.75. The summed E-state index contributed by atoms with van der Waals surface area (Å²) < 4.78 is 42.5. The Morgan fingerprint density at radius 3 is 2.61 bits per heavy atom. The molecule has 0 atom stereocenters. The zero-order valence-corrected chi connectivity index (χ0v) is 16.3. The molecule has 8 nitrogen and oxygen atoms in total. The first-order valence-electron chi connectivity index (χ1n) is 8.46. The van der Waals surface area contributed by atoms with Gasteiger partial charge in [-0.3, -0.25) is 0 Å². The number of rotatable bonds is 8. The number of carbonyl (C=O) groups excluding carboxylic acids is 1. The van der Waals surface area contributed by atoms with Crippen LogP contribution in [0.15, 0.2) is 58.0 Å². The minimum atomic E-state index is -3.84. The number of oxazole rings is 1. The summed E-state index contributed by atoms with van der Waals surface area (Å²) in [6.07, 6.45) is 1.14. The molecule has 1 aromatic heterocycles. The third-order valence-corrected chi connectivity index (χ3v) is 6.00. The summed E-state index contributed by atoms with van der Waals surface area (Å²) in [5, 5.41) is 1.76. The van der Waals surface area contributed by atoms with Crippen molar-refractivity contribution in [1.29, 1.82) is 0 Å². The summed E-state index contributed by atoms with van der Waals surface area (Å²) in [6, 6.07) is 12.5. The SMILES string of the molecule is COCCN(Cc1nc(C(=O)OC)co1)S(=O)(=O)c1ccc2ccccc2c1. The molecule has 0 aliphatic rings. The lowest BCUT2D eigenvalue weighted by Gasteiger charge is -2.20. The molecule has 0 unspecified atom stereocenters. The van der Waals surface area contributed by atoms with E-state index in [1.54, 1.807) is 18.2 Å². The van der Waals surface area contributed by atoms with Gasteiger partial charge >= 0.3 is 5.97 Å². The largest absolute Gasteiger partial charge is 0.464 e. The summed E-state index contributed by atoms with van der Waals surface area (Å²) in [5.74, 6) is -0.573. The number of ether oxygens (including phenoxy) is 2. The fraction of sp³-hybridized carbons (Fsp3) is 0.263. The van der Waals surface area contributed by atoms with Gasteiger partial charge in [0.15, 0.2) is 5.69 Å². The quantitative estimate of drug-likeness (QED) is 0.532. The maximum absolute atomic E-state index is 13.2. The second-order valence-corrected chi connectivity index (χ2v) is 7.90. The molecule has 0 radical (unpaired) electrons. The van der Waals surface area contributed by atoms with Gasteiger partial charge in [0.05, 0.1) is 25.2 Å².